The van der Waals surface area contributed by atoms with Gasteiger partial charge in [0, 0.05) is 13.0 Å². The average Bonchev–Trinajstić information content (AvgIpc) is 2.27. The molecule has 5 nitrogen and oxygen atoms in total. The van der Waals surface area contributed by atoms with Crippen LogP contribution in [0.2, 0.25) is 0 Å². The Morgan fingerprint density at radius 1 is 1.44 bits per heavy atom. The second-order valence-electron chi connectivity index (χ2n) is 5.99. The molecule has 0 radical (unpaired) electrons. The summed E-state index contributed by atoms with van der Waals surface area (Å²) in [6, 6.07) is -0.835. The van der Waals surface area contributed by atoms with E-state index < -0.39 is 12.0 Å². The Labute approximate surface area is 108 Å². The number of aliphatic carboxylic acids is 1. The number of ether oxygens (including phenoxy) is 1. The summed E-state index contributed by atoms with van der Waals surface area (Å²) in [7, 11) is 0. The van der Waals surface area contributed by atoms with Crippen LogP contribution in [0.3, 0.4) is 0 Å². The number of rotatable bonds is 3. The number of hydrogen-bond acceptors (Lipinski definition) is 3. The van der Waals surface area contributed by atoms with Crippen molar-refractivity contribution in [3.8, 4) is 0 Å². The van der Waals surface area contributed by atoms with Crippen LogP contribution in [0.1, 0.15) is 34.1 Å². The van der Waals surface area contributed by atoms with E-state index in [2.05, 4.69) is 20.8 Å². The standard InChI is InChI=1S/C13H23NO4/c1-9(13(2,3)4)7-11(15)14-5-6-18-8-10(14)12(16)17/h9-10H,5-8H2,1-4H3,(H,16,17). The van der Waals surface area contributed by atoms with Crippen LogP contribution in [0.5, 0.6) is 0 Å². The topological polar surface area (TPSA) is 66.8 Å². The Balaban J connectivity index is 2.67. The fraction of sp³-hybridized carbons (Fsp3) is 0.846. The largest absolute Gasteiger partial charge is 0.480 e. The van der Waals surface area contributed by atoms with E-state index in [4.69, 9.17) is 9.84 Å². The Kier molecular flexibility index (Phi) is 4.73. The minimum absolute atomic E-state index is 0.0423. The van der Waals surface area contributed by atoms with Gasteiger partial charge in [-0.15, -0.1) is 0 Å². The summed E-state index contributed by atoms with van der Waals surface area (Å²) in [5.74, 6) is -0.873. The van der Waals surface area contributed by atoms with Crippen molar-refractivity contribution in [1.29, 1.82) is 0 Å². The summed E-state index contributed by atoms with van der Waals surface area (Å²) in [4.78, 5) is 24.7. The van der Waals surface area contributed by atoms with Crippen molar-refractivity contribution in [1.82, 2.24) is 4.90 Å². The molecule has 1 aliphatic rings. The number of carbonyl (C=O) groups excluding carboxylic acids is 1. The maximum absolute atomic E-state index is 12.2. The molecule has 18 heavy (non-hydrogen) atoms. The lowest BCUT2D eigenvalue weighted by Gasteiger charge is -2.35. The van der Waals surface area contributed by atoms with Gasteiger partial charge in [0.15, 0.2) is 6.04 Å². The zero-order valence-corrected chi connectivity index (χ0v) is 11.6. The molecule has 2 atom stereocenters. The first-order chi connectivity index (χ1) is 8.23. The molecule has 0 spiro atoms. The fourth-order valence-electron chi connectivity index (χ4n) is 1.79. The van der Waals surface area contributed by atoms with Crippen LogP contribution in [0, 0.1) is 11.3 Å². The lowest BCUT2D eigenvalue weighted by molar-refractivity contribution is -0.159. The summed E-state index contributed by atoms with van der Waals surface area (Å²) in [6.07, 6.45) is 0.382. The van der Waals surface area contributed by atoms with E-state index >= 15 is 0 Å². The Hall–Kier alpha value is -1.10. The van der Waals surface area contributed by atoms with Crippen LogP contribution in [0.4, 0.5) is 0 Å². The van der Waals surface area contributed by atoms with Crippen molar-refractivity contribution >= 4 is 11.9 Å². The Morgan fingerprint density at radius 3 is 2.56 bits per heavy atom. The van der Waals surface area contributed by atoms with E-state index in [9.17, 15) is 9.59 Å². The summed E-state index contributed by atoms with van der Waals surface area (Å²) < 4.78 is 5.12. The molecule has 104 valence electrons. The van der Waals surface area contributed by atoms with E-state index in [1.165, 1.54) is 4.90 Å². The second-order valence-corrected chi connectivity index (χ2v) is 5.99. The van der Waals surface area contributed by atoms with Crippen molar-refractivity contribution in [2.75, 3.05) is 19.8 Å². The molecule has 1 saturated heterocycles. The molecule has 1 amide bonds. The first kappa shape index (κ1) is 15.0. The van der Waals surface area contributed by atoms with Gasteiger partial charge in [0.2, 0.25) is 5.91 Å². The smallest absolute Gasteiger partial charge is 0.328 e. The summed E-state index contributed by atoms with van der Waals surface area (Å²) in [5, 5.41) is 9.08. The highest BCUT2D eigenvalue weighted by molar-refractivity contribution is 5.84. The predicted octanol–water partition coefficient (Wildman–Crippen LogP) is 1.37. The van der Waals surface area contributed by atoms with Crippen molar-refractivity contribution in [3.63, 3.8) is 0 Å². The molecule has 1 rings (SSSR count). The van der Waals surface area contributed by atoms with Crippen LogP contribution in [-0.2, 0) is 14.3 Å². The predicted molar refractivity (Wildman–Crippen MR) is 67.2 cm³/mol. The normalized spacial score (nSPS) is 22.7. The molecule has 1 heterocycles. The number of morpholine rings is 1. The number of carboxylic acids is 1. The molecule has 2 unspecified atom stereocenters. The van der Waals surface area contributed by atoms with Gasteiger partial charge < -0.3 is 14.7 Å². The highest BCUT2D eigenvalue weighted by atomic mass is 16.5. The van der Waals surface area contributed by atoms with Gasteiger partial charge in [-0.05, 0) is 11.3 Å². The Bertz CT molecular complexity index is 321. The monoisotopic (exact) mass is 257 g/mol. The van der Waals surface area contributed by atoms with Gasteiger partial charge >= 0.3 is 5.97 Å². The number of hydrogen-bond donors (Lipinski definition) is 1. The van der Waals surface area contributed by atoms with Gasteiger partial charge in [-0.25, -0.2) is 4.79 Å². The molecule has 1 fully saturated rings. The third kappa shape index (κ3) is 3.70. The molecular weight excluding hydrogens is 234 g/mol. The number of carboxylic acid groups (broad SMARTS) is 1. The molecule has 0 aromatic carbocycles. The van der Waals surface area contributed by atoms with E-state index in [0.717, 1.165) is 0 Å². The van der Waals surface area contributed by atoms with Crippen molar-refractivity contribution in [2.24, 2.45) is 11.3 Å². The van der Waals surface area contributed by atoms with E-state index in [1.54, 1.807) is 0 Å². The van der Waals surface area contributed by atoms with Crippen LogP contribution < -0.4 is 0 Å². The second kappa shape index (κ2) is 5.69. The molecule has 0 saturated carbocycles. The van der Waals surface area contributed by atoms with Crippen molar-refractivity contribution in [3.05, 3.63) is 0 Å². The van der Waals surface area contributed by atoms with Gasteiger partial charge in [0.05, 0.1) is 13.2 Å². The highest BCUT2D eigenvalue weighted by Crippen LogP contribution is 2.29. The third-order valence-corrected chi connectivity index (χ3v) is 3.69. The molecule has 0 aromatic heterocycles. The van der Waals surface area contributed by atoms with Crippen LogP contribution >= 0.6 is 0 Å². The first-order valence-corrected chi connectivity index (χ1v) is 6.33. The van der Waals surface area contributed by atoms with E-state index in [-0.39, 0.29) is 23.8 Å². The molecule has 0 aromatic rings. The maximum Gasteiger partial charge on any atom is 0.328 e. The number of amides is 1. The van der Waals surface area contributed by atoms with Crippen molar-refractivity contribution < 1.29 is 19.4 Å². The summed E-state index contributed by atoms with van der Waals surface area (Å²) in [5.41, 5.74) is 0.0423. The molecule has 1 aliphatic heterocycles. The van der Waals surface area contributed by atoms with Crippen LogP contribution in [0.25, 0.3) is 0 Å². The maximum atomic E-state index is 12.2. The number of nitrogens with zero attached hydrogens (tertiary/aromatic N) is 1. The minimum Gasteiger partial charge on any atom is -0.480 e. The van der Waals surface area contributed by atoms with Gasteiger partial charge in [0.25, 0.3) is 0 Å². The molecule has 5 heteroatoms. The van der Waals surface area contributed by atoms with Gasteiger partial charge in [-0.1, -0.05) is 27.7 Å². The lowest BCUT2D eigenvalue weighted by Crippen LogP contribution is -2.53. The van der Waals surface area contributed by atoms with Gasteiger partial charge in [0.1, 0.15) is 0 Å². The molecule has 1 N–H and O–H groups in total. The average molecular weight is 257 g/mol. The summed E-state index contributed by atoms with van der Waals surface area (Å²) in [6.45, 7) is 9.14. The zero-order valence-electron chi connectivity index (χ0n) is 11.6. The van der Waals surface area contributed by atoms with Crippen molar-refractivity contribution in [2.45, 2.75) is 40.2 Å². The SMILES string of the molecule is CC(CC(=O)N1CCOCC1C(=O)O)C(C)(C)C. The first-order valence-electron chi connectivity index (χ1n) is 6.33. The minimum atomic E-state index is -0.994. The van der Waals surface area contributed by atoms with Gasteiger partial charge in [-0.2, -0.15) is 0 Å². The van der Waals surface area contributed by atoms with E-state index in [0.29, 0.717) is 19.6 Å². The summed E-state index contributed by atoms with van der Waals surface area (Å²) >= 11 is 0. The highest BCUT2D eigenvalue weighted by Gasteiger charge is 2.34. The molecular formula is C13H23NO4. The Morgan fingerprint density at radius 2 is 2.06 bits per heavy atom. The van der Waals surface area contributed by atoms with Crippen LogP contribution in [0.15, 0.2) is 0 Å². The zero-order chi connectivity index (χ0) is 13.9. The fourth-order valence-corrected chi connectivity index (χ4v) is 1.79. The lowest BCUT2D eigenvalue weighted by atomic mass is 9.80. The molecule has 0 bridgehead atoms. The molecule has 0 aliphatic carbocycles. The van der Waals surface area contributed by atoms with E-state index in [1.807, 2.05) is 6.92 Å². The third-order valence-electron chi connectivity index (χ3n) is 3.69. The number of carbonyl (C=O) groups is 2. The quantitative estimate of drug-likeness (QED) is 0.829. The van der Waals surface area contributed by atoms with Gasteiger partial charge in [-0.3, -0.25) is 4.79 Å². The van der Waals surface area contributed by atoms with Crippen LogP contribution in [-0.4, -0.2) is 47.7 Å².